The summed E-state index contributed by atoms with van der Waals surface area (Å²) in [6.45, 7) is 4.11. The van der Waals surface area contributed by atoms with E-state index in [2.05, 4.69) is 5.32 Å². The van der Waals surface area contributed by atoms with Crippen molar-refractivity contribution in [2.75, 3.05) is 18.5 Å². The summed E-state index contributed by atoms with van der Waals surface area (Å²) in [5.41, 5.74) is 7.84. The van der Waals surface area contributed by atoms with Crippen LogP contribution < -0.4 is 11.1 Å². The number of ether oxygens (including phenoxy) is 1. The molecule has 3 N–H and O–H groups in total. The minimum atomic E-state index is -0.662. The van der Waals surface area contributed by atoms with E-state index in [-0.39, 0.29) is 24.1 Å². The fraction of sp³-hybridized carbons (Fsp3) is 0.286. The lowest BCUT2D eigenvalue weighted by Gasteiger charge is -2.21. The Kier molecular flexibility index (Phi) is 5.37. The van der Waals surface area contributed by atoms with E-state index in [0.717, 1.165) is 0 Å². The first-order valence-electron chi connectivity index (χ1n) is 8.89. The average molecular weight is 366 g/mol. The first-order chi connectivity index (χ1) is 12.9. The van der Waals surface area contributed by atoms with E-state index in [0.29, 0.717) is 34.5 Å². The predicted molar refractivity (Wildman–Crippen MR) is 102 cm³/mol. The van der Waals surface area contributed by atoms with Gasteiger partial charge in [0.2, 0.25) is 0 Å². The van der Waals surface area contributed by atoms with E-state index >= 15 is 0 Å². The quantitative estimate of drug-likeness (QED) is 0.513. The number of anilines is 1. The van der Waals surface area contributed by atoms with Crippen LogP contribution in [0.25, 0.3) is 0 Å². The van der Waals surface area contributed by atoms with Crippen LogP contribution in [0.3, 0.4) is 0 Å². The molecule has 1 aliphatic carbocycles. The highest BCUT2D eigenvalue weighted by Gasteiger charge is 2.31. The first-order valence-corrected chi connectivity index (χ1v) is 8.89. The van der Waals surface area contributed by atoms with Gasteiger partial charge in [-0.05, 0) is 12.0 Å². The van der Waals surface area contributed by atoms with Gasteiger partial charge < -0.3 is 15.8 Å². The lowest BCUT2D eigenvalue weighted by molar-refractivity contribution is -0.145. The molecule has 2 aromatic carbocycles. The maximum Gasteiger partial charge on any atom is 0.323 e. The highest BCUT2D eigenvalue weighted by molar-refractivity contribution is 6.30. The third-order valence-electron chi connectivity index (χ3n) is 4.60. The first kappa shape index (κ1) is 18.8. The maximum atomic E-state index is 12.9. The van der Waals surface area contributed by atoms with E-state index in [1.807, 2.05) is 13.8 Å². The summed E-state index contributed by atoms with van der Waals surface area (Å²) < 4.78 is 5.16. The fourth-order valence-electron chi connectivity index (χ4n) is 3.00. The van der Waals surface area contributed by atoms with E-state index in [1.165, 1.54) is 0 Å². The molecule has 0 aromatic heterocycles. The van der Waals surface area contributed by atoms with Crippen molar-refractivity contribution in [2.45, 2.75) is 19.9 Å². The average Bonchev–Trinajstić information content (AvgIpc) is 2.68. The number of hydrogen-bond acceptors (Lipinski definition) is 6. The second-order valence-electron chi connectivity index (χ2n) is 6.80. The van der Waals surface area contributed by atoms with Crippen molar-refractivity contribution in [3.05, 3.63) is 64.7 Å². The summed E-state index contributed by atoms with van der Waals surface area (Å²) in [4.78, 5) is 37.4. The van der Waals surface area contributed by atoms with Gasteiger partial charge in [-0.3, -0.25) is 14.4 Å². The summed E-state index contributed by atoms with van der Waals surface area (Å²) in [6, 6.07) is 11.2. The number of ketones is 2. The normalized spacial score (nSPS) is 13.8. The highest BCUT2D eigenvalue weighted by atomic mass is 16.5. The van der Waals surface area contributed by atoms with E-state index in [9.17, 15) is 14.4 Å². The molecule has 0 unspecified atom stereocenters. The largest absolute Gasteiger partial charge is 0.463 e. The summed E-state index contributed by atoms with van der Waals surface area (Å²) in [5, 5.41) is 3.09. The molecule has 1 atom stereocenters. The number of fused-ring (bicyclic) bond motifs is 2. The standard InChI is InChI=1S/C21H22N2O4/c1-12(2)18(22)21(26)27-11-10-23-16-9-5-8-15-17(16)20(25)14-7-4-3-6-13(14)19(15)24/h3-9,12,18,23H,10-11,22H2,1-2H3/t18-/m1/s1. The molecule has 0 saturated carbocycles. The molecule has 0 bridgehead atoms. The molecule has 0 fully saturated rings. The molecule has 6 nitrogen and oxygen atoms in total. The number of esters is 1. The lowest BCUT2D eigenvalue weighted by Crippen LogP contribution is -2.37. The Hall–Kier alpha value is -2.99. The lowest BCUT2D eigenvalue weighted by atomic mass is 9.83. The van der Waals surface area contributed by atoms with Gasteiger partial charge in [0, 0.05) is 28.9 Å². The van der Waals surface area contributed by atoms with Crippen LogP contribution in [0.15, 0.2) is 42.5 Å². The second kappa shape index (κ2) is 7.72. The molecule has 3 rings (SSSR count). The van der Waals surface area contributed by atoms with E-state index in [1.54, 1.807) is 42.5 Å². The molecule has 0 radical (unpaired) electrons. The number of benzene rings is 2. The summed E-state index contributed by atoms with van der Waals surface area (Å²) in [5.74, 6) is -0.822. The summed E-state index contributed by atoms with van der Waals surface area (Å²) in [7, 11) is 0. The predicted octanol–water partition coefficient (Wildman–Crippen LogP) is 2.40. The number of nitrogens with one attached hydrogen (secondary N) is 1. The smallest absolute Gasteiger partial charge is 0.323 e. The molecule has 140 valence electrons. The fourth-order valence-corrected chi connectivity index (χ4v) is 3.00. The summed E-state index contributed by atoms with van der Waals surface area (Å²) in [6.07, 6.45) is 0. The van der Waals surface area contributed by atoms with Gasteiger partial charge in [0.1, 0.15) is 12.6 Å². The van der Waals surface area contributed by atoms with Gasteiger partial charge in [-0.15, -0.1) is 0 Å². The van der Waals surface area contributed by atoms with Crippen molar-refractivity contribution >= 4 is 23.2 Å². The monoisotopic (exact) mass is 366 g/mol. The van der Waals surface area contributed by atoms with Crippen LogP contribution in [0.1, 0.15) is 45.7 Å². The van der Waals surface area contributed by atoms with Crippen LogP contribution in [-0.2, 0) is 9.53 Å². The molecule has 1 aliphatic rings. The van der Waals surface area contributed by atoms with Crippen molar-refractivity contribution < 1.29 is 19.1 Å². The SMILES string of the molecule is CC(C)[C@@H](N)C(=O)OCCNc1cccc2c1C(=O)c1ccccc1C2=O. The van der Waals surface area contributed by atoms with Crippen molar-refractivity contribution in [3.8, 4) is 0 Å². The van der Waals surface area contributed by atoms with Crippen LogP contribution in [0, 0.1) is 5.92 Å². The molecule has 0 heterocycles. The number of hydrogen-bond donors (Lipinski definition) is 2. The van der Waals surface area contributed by atoms with Crippen LogP contribution in [0.4, 0.5) is 5.69 Å². The van der Waals surface area contributed by atoms with Gasteiger partial charge in [-0.2, -0.15) is 0 Å². The third-order valence-corrected chi connectivity index (χ3v) is 4.60. The van der Waals surface area contributed by atoms with Crippen molar-refractivity contribution in [1.29, 1.82) is 0 Å². The Labute approximate surface area is 157 Å². The number of carbonyl (C=O) groups excluding carboxylic acids is 3. The van der Waals surface area contributed by atoms with Crippen molar-refractivity contribution in [1.82, 2.24) is 0 Å². The Morgan fingerprint density at radius 3 is 2.30 bits per heavy atom. The Bertz CT molecular complexity index is 905. The zero-order valence-corrected chi connectivity index (χ0v) is 15.3. The number of carbonyl (C=O) groups is 3. The zero-order chi connectivity index (χ0) is 19.6. The number of rotatable bonds is 6. The molecule has 0 saturated heterocycles. The highest BCUT2D eigenvalue weighted by Crippen LogP contribution is 2.31. The molecule has 6 heteroatoms. The summed E-state index contributed by atoms with van der Waals surface area (Å²) >= 11 is 0. The van der Waals surface area contributed by atoms with Crippen LogP contribution in [0.2, 0.25) is 0 Å². The number of nitrogens with two attached hydrogens (primary N) is 1. The van der Waals surface area contributed by atoms with Crippen LogP contribution >= 0.6 is 0 Å². The molecule has 0 spiro atoms. The van der Waals surface area contributed by atoms with E-state index < -0.39 is 12.0 Å². The van der Waals surface area contributed by atoms with Crippen molar-refractivity contribution in [3.63, 3.8) is 0 Å². The molecule has 0 aliphatic heterocycles. The maximum absolute atomic E-state index is 12.9. The van der Waals surface area contributed by atoms with Crippen LogP contribution in [0.5, 0.6) is 0 Å². The molecule has 2 aromatic rings. The minimum absolute atomic E-state index is 0.00435. The topological polar surface area (TPSA) is 98.5 Å². The third kappa shape index (κ3) is 3.61. The Morgan fingerprint density at radius 1 is 1.00 bits per heavy atom. The van der Waals surface area contributed by atoms with Crippen LogP contribution in [-0.4, -0.2) is 36.7 Å². The molecule has 27 heavy (non-hydrogen) atoms. The van der Waals surface area contributed by atoms with Crippen molar-refractivity contribution in [2.24, 2.45) is 11.7 Å². The van der Waals surface area contributed by atoms with Gasteiger partial charge in [0.15, 0.2) is 11.6 Å². The van der Waals surface area contributed by atoms with Gasteiger partial charge in [-0.1, -0.05) is 50.2 Å². The molecular weight excluding hydrogens is 344 g/mol. The van der Waals surface area contributed by atoms with E-state index in [4.69, 9.17) is 10.5 Å². The van der Waals surface area contributed by atoms with Gasteiger partial charge in [0.25, 0.3) is 0 Å². The van der Waals surface area contributed by atoms with Gasteiger partial charge in [-0.25, -0.2) is 0 Å². The Morgan fingerprint density at radius 2 is 1.63 bits per heavy atom. The van der Waals surface area contributed by atoms with Gasteiger partial charge >= 0.3 is 5.97 Å². The molecular formula is C21H22N2O4. The minimum Gasteiger partial charge on any atom is -0.463 e. The Balaban J connectivity index is 1.73. The zero-order valence-electron chi connectivity index (χ0n) is 15.3. The second-order valence-corrected chi connectivity index (χ2v) is 6.80. The van der Waals surface area contributed by atoms with Gasteiger partial charge in [0.05, 0.1) is 5.56 Å². The molecule has 0 amide bonds.